The maximum Gasteiger partial charge on any atom is 0.272 e. The van der Waals surface area contributed by atoms with E-state index in [-0.39, 0.29) is 5.91 Å². The summed E-state index contributed by atoms with van der Waals surface area (Å²) in [5.41, 5.74) is 1.31. The van der Waals surface area contributed by atoms with Gasteiger partial charge >= 0.3 is 0 Å². The second kappa shape index (κ2) is 5.93. The first-order valence-electron chi connectivity index (χ1n) is 7.57. The average molecular weight is 299 g/mol. The van der Waals surface area contributed by atoms with Crippen LogP contribution < -0.4 is 10.1 Å². The smallest absolute Gasteiger partial charge is 0.272 e. The number of hydrogen-bond donors (Lipinski definition) is 1. The van der Waals surface area contributed by atoms with Gasteiger partial charge in [-0.2, -0.15) is 0 Å². The van der Waals surface area contributed by atoms with Gasteiger partial charge in [-0.1, -0.05) is 6.07 Å². The molecular weight excluding hydrogens is 278 g/mol. The molecule has 2 heterocycles. The molecule has 3 rings (SSSR count). The molecular formula is C17H21N3O2. The van der Waals surface area contributed by atoms with Gasteiger partial charge in [0.05, 0.1) is 12.6 Å². The van der Waals surface area contributed by atoms with E-state index in [2.05, 4.69) is 24.1 Å². The minimum Gasteiger partial charge on any atom is -0.497 e. The fraction of sp³-hybridized carbons (Fsp3) is 0.412. The van der Waals surface area contributed by atoms with Crippen LogP contribution >= 0.6 is 0 Å². The predicted molar refractivity (Wildman–Crippen MR) is 86.3 cm³/mol. The van der Waals surface area contributed by atoms with Gasteiger partial charge in [-0.3, -0.25) is 4.79 Å². The molecule has 0 bridgehead atoms. The van der Waals surface area contributed by atoms with Crippen LogP contribution in [0.4, 0.5) is 0 Å². The Hall–Kier alpha value is -2.14. The summed E-state index contributed by atoms with van der Waals surface area (Å²) in [6, 6.07) is 9.99. The Morgan fingerprint density at radius 1 is 1.23 bits per heavy atom. The molecule has 116 valence electrons. The first-order chi connectivity index (χ1) is 10.6. The van der Waals surface area contributed by atoms with E-state index in [1.165, 1.54) is 0 Å². The van der Waals surface area contributed by atoms with Crippen LogP contribution in [-0.2, 0) is 0 Å². The SMILES string of the molecule is COc1ccc2nc(C(=O)N3C[C@@H](C)N[C@H](C)C3)ccc2c1. The maximum absolute atomic E-state index is 12.7. The maximum atomic E-state index is 12.7. The number of pyridine rings is 1. The highest BCUT2D eigenvalue weighted by Gasteiger charge is 2.26. The molecule has 1 aliphatic rings. The van der Waals surface area contributed by atoms with Gasteiger partial charge in [0, 0.05) is 30.6 Å². The standard InChI is InChI=1S/C17H21N3O2/c1-11-9-20(10-12(2)18-11)17(21)16-6-4-13-8-14(22-3)5-7-15(13)19-16/h4-8,11-12,18H,9-10H2,1-3H3/t11-,12-/m1/s1. The molecule has 1 saturated heterocycles. The summed E-state index contributed by atoms with van der Waals surface area (Å²) in [6.07, 6.45) is 0. The third kappa shape index (κ3) is 2.90. The number of nitrogens with zero attached hydrogens (tertiary/aromatic N) is 2. The molecule has 22 heavy (non-hydrogen) atoms. The zero-order valence-electron chi connectivity index (χ0n) is 13.2. The lowest BCUT2D eigenvalue weighted by atomic mass is 10.1. The quantitative estimate of drug-likeness (QED) is 0.922. The van der Waals surface area contributed by atoms with E-state index in [1.807, 2.05) is 29.2 Å². The Balaban J connectivity index is 1.87. The number of carbonyl (C=O) groups excluding carboxylic acids is 1. The summed E-state index contributed by atoms with van der Waals surface area (Å²) in [5.74, 6) is 0.788. The number of amides is 1. The number of carbonyl (C=O) groups is 1. The topological polar surface area (TPSA) is 54.5 Å². The largest absolute Gasteiger partial charge is 0.497 e. The Morgan fingerprint density at radius 3 is 2.64 bits per heavy atom. The van der Waals surface area contributed by atoms with Crippen LogP contribution in [0.5, 0.6) is 5.75 Å². The molecule has 1 fully saturated rings. The number of piperazine rings is 1. The number of methoxy groups -OCH3 is 1. The molecule has 1 aromatic carbocycles. The summed E-state index contributed by atoms with van der Waals surface area (Å²) in [5, 5.41) is 4.40. The molecule has 0 aliphatic carbocycles. The summed E-state index contributed by atoms with van der Waals surface area (Å²) >= 11 is 0. The van der Waals surface area contributed by atoms with E-state index < -0.39 is 0 Å². The van der Waals surface area contributed by atoms with Crippen molar-refractivity contribution in [2.45, 2.75) is 25.9 Å². The summed E-state index contributed by atoms with van der Waals surface area (Å²) in [4.78, 5) is 19.1. The van der Waals surface area contributed by atoms with Gasteiger partial charge in [0.15, 0.2) is 0 Å². The van der Waals surface area contributed by atoms with Crippen LogP contribution in [-0.4, -0.2) is 48.1 Å². The number of benzene rings is 1. The van der Waals surface area contributed by atoms with E-state index in [0.717, 1.165) is 16.7 Å². The van der Waals surface area contributed by atoms with E-state index in [1.54, 1.807) is 13.2 Å². The highest BCUT2D eigenvalue weighted by molar-refractivity contribution is 5.95. The number of ether oxygens (including phenoxy) is 1. The Kier molecular flexibility index (Phi) is 3.98. The molecule has 1 aromatic heterocycles. The highest BCUT2D eigenvalue weighted by atomic mass is 16.5. The zero-order valence-corrected chi connectivity index (χ0v) is 13.2. The van der Waals surface area contributed by atoms with Crippen molar-refractivity contribution in [1.29, 1.82) is 0 Å². The van der Waals surface area contributed by atoms with Crippen LogP contribution in [0.3, 0.4) is 0 Å². The minimum atomic E-state index is -0.00193. The van der Waals surface area contributed by atoms with Crippen LogP contribution in [0.15, 0.2) is 30.3 Å². The van der Waals surface area contributed by atoms with Crippen molar-refractivity contribution in [3.8, 4) is 5.75 Å². The van der Waals surface area contributed by atoms with Crippen LogP contribution in [0.25, 0.3) is 10.9 Å². The van der Waals surface area contributed by atoms with Crippen LogP contribution in [0.1, 0.15) is 24.3 Å². The average Bonchev–Trinajstić information content (AvgIpc) is 2.52. The molecule has 5 heteroatoms. The van der Waals surface area contributed by atoms with Gasteiger partial charge in [-0.25, -0.2) is 4.98 Å². The molecule has 0 radical (unpaired) electrons. The molecule has 0 unspecified atom stereocenters. The third-order valence-corrected chi connectivity index (χ3v) is 3.96. The summed E-state index contributed by atoms with van der Waals surface area (Å²) in [6.45, 7) is 5.61. The number of rotatable bonds is 2. The summed E-state index contributed by atoms with van der Waals surface area (Å²) in [7, 11) is 1.64. The molecule has 1 N–H and O–H groups in total. The molecule has 2 aromatic rings. The molecule has 1 amide bonds. The molecule has 1 aliphatic heterocycles. The van der Waals surface area contributed by atoms with Gasteiger partial charge in [-0.15, -0.1) is 0 Å². The third-order valence-electron chi connectivity index (χ3n) is 3.96. The second-order valence-electron chi connectivity index (χ2n) is 5.93. The number of hydrogen-bond acceptors (Lipinski definition) is 4. The Morgan fingerprint density at radius 2 is 1.95 bits per heavy atom. The molecule has 0 saturated carbocycles. The summed E-state index contributed by atoms with van der Waals surface area (Å²) < 4.78 is 5.21. The fourth-order valence-corrected chi connectivity index (χ4v) is 3.00. The van der Waals surface area contributed by atoms with Crippen molar-refractivity contribution < 1.29 is 9.53 Å². The molecule has 5 nitrogen and oxygen atoms in total. The van der Waals surface area contributed by atoms with E-state index in [4.69, 9.17) is 4.74 Å². The number of fused-ring (bicyclic) bond motifs is 1. The zero-order chi connectivity index (χ0) is 15.7. The van der Waals surface area contributed by atoms with Gasteiger partial charge < -0.3 is 15.0 Å². The second-order valence-corrected chi connectivity index (χ2v) is 5.93. The van der Waals surface area contributed by atoms with Crippen molar-refractivity contribution in [1.82, 2.24) is 15.2 Å². The molecule has 2 atom stereocenters. The van der Waals surface area contributed by atoms with E-state index in [0.29, 0.717) is 30.9 Å². The molecule has 0 spiro atoms. The predicted octanol–water partition coefficient (Wildman–Crippen LogP) is 2.07. The minimum absolute atomic E-state index is 0.00193. The lowest BCUT2D eigenvalue weighted by Gasteiger charge is -2.36. The van der Waals surface area contributed by atoms with Crippen molar-refractivity contribution in [2.75, 3.05) is 20.2 Å². The Bertz CT molecular complexity index is 691. The van der Waals surface area contributed by atoms with Crippen molar-refractivity contribution in [3.05, 3.63) is 36.0 Å². The van der Waals surface area contributed by atoms with Gasteiger partial charge in [0.2, 0.25) is 0 Å². The highest BCUT2D eigenvalue weighted by Crippen LogP contribution is 2.20. The Labute approximate surface area is 130 Å². The lowest BCUT2D eigenvalue weighted by Crippen LogP contribution is -2.55. The number of nitrogens with one attached hydrogen (secondary N) is 1. The van der Waals surface area contributed by atoms with Crippen molar-refractivity contribution in [3.63, 3.8) is 0 Å². The van der Waals surface area contributed by atoms with Crippen LogP contribution in [0, 0.1) is 0 Å². The van der Waals surface area contributed by atoms with Gasteiger partial charge in [-0.05, 0) is 38.1 Å². The first-order valence-corrected chi connectivity index (χ1v) is 7.57. The van der Waals surface area contributed by atoms with E-state index >= 15 is 0 Å². The van der Waals surface area contributed by atoms with Crippen molar-refractivity contribution in [2.24, 2.45) is 0 Å². The van der Waals surface area contributed by atoms with Crippen molar-refractivity contribution >= 4 is 16.8 Å². The normalized spacial score (nSPS) is 21.9. The van der Waals surface area contributed by atoms with Gasteiger partial charge in [0.1, 0.15) is 11.4 Å². The van der Waals surface area contributed by atoms with E-state index in [9.17, 15) is 4.79 Å². The van der Waals surface area contributed by atoms with Crippen LogP contribution in [0.2, 0.25) is 0 Å². The monoisotopic (exact) mass is 299 g/mol. The lowest BCUT2D eigenvalue weighted by molar-refractivity contribution is 0.0668. The van der Waals surface area contributed by atoms with Gasteiger partial charge in [0.25, 0.3) is 5.91 Å². The fourth-order valence-electron chi connectivity index (χ4n) is 3.00. The number of aromatic nitrogens is 1. The first kappa shape index (κ1) is 14.8.